The fraction of sp³-hybridized carbons (Fsp3) is 1.00. The van der Waals surface area contributed by atoms with E-state index in [-0.39, 0.29) is 0 Å². The first kappa shape index (κ1) is 15.3. The summed E-state index contributed by atoms with van der Waals surface area (Å²) >= 11 is 0. The van der Waals surface area contributed by atoms with Gasteiger partial charge in [-0.05, 0) is 31.1 Å². The van der Waals surface area contributed by atoms with Gasteiger partial charge in [0.2, 0.25) is 0 Å². The van der Waals surface area contributed by atoms with Gasteiger partial charge in [0.15, 0.2) is 0 Å². The summed E-state index contributed by atoms with van der Waals surface area (Å²) in [6.45, 7) is 13.3. The van der Waals surface area contributed by atoms with Crippen LogP contribution in [0.5, 0.6) is 0 Å². The third kappa shape index (κ3) is 3.95. The summed E-state index contributed by atoms with van der Waals surface area (Å²) in [5.41, 5.74) is 0.473. The molecule has 2 fully saturated rings. The van der Waals surface area contributed by atoms with Crippen molar-refractivity contribution in [1.29, 1.82) is 0 Å². The minimum atomic E-state index is 0.473. The standard InChI is InChI=1S/C17H34N2/c1-5-15(4)12-19-13-17(8-6-7-9-17)18-11-16(19)10-14(2)3/h14-16,18H,5-13H2,1-4H3. The fourth-order valence-corrected chi connectivity index (χ4v) is 3.94. The molecule has 0 aromatic carbocycles. The lowest BCUT2D eigenvalue weighted by Crippen LogP contribution is -2.63. The van der Waals surface area contributed by atoms with E-state index in [2.05, 4.69) is 37.9 Å². The Hall–Kier alpha value is -0.0800. The van der Waals surface area contributed by atoms with E-state index in [1.165, 1.54) is 58.2 Å². The second kappa shape index (κ2) is 6.58. The van der Waals surface area contributed by atoms with Gasteiger partial charge < -0.3 is 5.32 Å². The number of nitrogens with one attached hydrogen (secondary N) is 1. The first-order chi connectivity index (χ1) is 9.04. The summed E-state index contributed by atoms with van der Waals surface area (Å²) in [5, 5.41) is 3.93. The van der Waals surface area contributed by atoms with Crippen molar-refractivity contribution in [2.45, 2.75) is 77.8 Å². The minimum Gasteiger partial charge on any atom is -0.308 e. The molecule has 0 amide bonds. The lowest BCUT2D eigenvalue weighted by molar-refractivity contribution is 0.0574. The number of piperazine rings is 1. The first-order valence-corrected chi connectivity index (χ1v) is 8.54. The number of rotatable bonds is 5. The molecule has 2 aliphatic rings. The highest BCUT2D eigenvalue weighted by Crippen LogP contribution is 2.34. The van der Waals surface area contributed by atoms with Crippen molar-refractivity contribution < 1.29 is 0 Å². The van der Waals surface area contributed by atoms with Crippen molar-refractivity contribution in [3.05, 3.63) is 0 Å². The summed E-state index contributed by atoms with van der Waals surface area (Å²) < 4.78 is 0. The van der Waals surface area contributed by atoms with E-state index in [0.29, 0.717) is 5.54 Å². The van der Waals surface area contributed by atoms with Crippen molar-refractivity contribution >= 4 is 0 Å². The van der Waals surface area contributed by atoms with Crippen LogP contribution in [0.1, 0.15) is 66.2 Å². The van der Waals surface area contributed by atoms with E-state index in [4.69, 9.17) is 0 Å². The van der Waals surface area contributed by atoms with Crippen LogP contribution in [0.2, 0.25) is 0 Å². The Kier molecular flexibility index (Phi) is 5.30. The number of hydrogen-bond acceptors (Lipinski definition) is 2. The maximum atomic E-state index is 3.93. The lowest BCUT2D eigenvalue weighted by Gasteiger charge is -2.47. The molecule has 2 nitrogen and oxygen atoms in total. The highest BCUT2D eigenvalue weighted by atomic mass is 15.3. The van der Waals surface area contributed by atoms with Gasteiger partial charge in [-0.25, -0.2) is 0 Å². The zero-order valence-electron chi connectivity index (χ0n) is 13.5. The second-order valence-corrected chi connectivity index (χ2v) is 7.59. The third-order valence-electron chi connectivity index (χ3n) is 5.28. The molecule has 2 atom stereocenters. The molecule has 2 rings (SSSR count). The van der Waals surface area contributed by atoms with Crippen molar-refractivity contribution in [2.24, 2.45) is 11.8 Å². The van der Waals surface area contributed by atoms with Crippen LogP contribution in [0.25, 0.3) is 0 Å². The quantitative estimate of drug-likeness (QED) is 0.817. The molecule has 1 saturated heterocycles. The average molecular weight is 266 g/mol. The van der Waals surface area contributed by atoms with E-state index in [1.807, 2.05) is 0 Å². The second-order valence-electron chi connectivity index (χ2n) is 7.59. The Morgan fingerprint density at radius 3 is 2.47 bits per heavy atom. The summed E-state index contributed by atoms with van der Waals surface area (Å²) in [6.07, 6.45) is 8.32. The lowest BCUT2D eigenvalue weighted by atomic mass is 9.89. The molecule has 1 aliphatic carbocycles. The van der Waals surface area contributed by atoms with Crippen LogP contribution < -0.4 is 5.32 Å². The summed E-state index contributed by atoms with van der Waals surface area (Å²) in [4.78, 5) is 2.83. The summed E-state index contributed by atoms with van der Waals surface area (Å²) in [5.74, 6) is 1.65. The van der Waals surface area contributed by atoms with Gasteiger partial charge in [-0.2, -0.15) is 0 Å². The van der Waals surface area contributed by atoms with E-state index in [9.17, 15) is 0 Å². The third-order valence-corrected chi connectivity index (χ3v) is 5.28. The van der Waals surface area contributed by atoms with Crippen LogP contribution in [0.15, 0.2) is 0 Å². The van der Waals surface area contributed by atoms with Crippen molar-refractivity contribution in [3.8, 4) is 0 Å². The van der Waals surface area contributed by atoms with Crippen molar-refractivity contribution in [2.75, 3.05) is 19.6 Å². The van der Waals surface area contributed by atoms with Crippen LogP contribution in [-0.4, -0.2) is 36.1 Å². The fourth-order valence-electron chi connectivity index (χ4n) is 3.94. The van der Waals surface area contributed by atoms with Gasteiger partial charge in [-0.1, -0.05) is 47.0 Å². The predicted octanol–water partition coefficient (Wildman–Crippen LogP) is 3.67. The molecule has 19 heavy (non-hydrogen) atoms. The summed E-state index contributed by atoms with van der Waals surface area (Å²) in [7, 11) is 0. The molecule has 2 unspecified atom stereocenters. The Bertz CT molecular complexity index is 268. The van der Waals surface area contributed by atoms with Crippen LogP contribution in [0.3, 0.4) is 0 Å². The molecule has 1 saturated carbocycles. The highest BCUT2D eigenvalue weighted by molar-refractivity contribution is 5.01. The van der Waals surface area contributed by atoms with E-state index >= 15 is 0 Å². The normalized spacial score (nSPS) is 29.2. The van der Waals surface area contributed by atoms with Crippen LogP contribution in [0.4, 0.5) is 0 Å². The SMILES string of the molecule is CCC(C)CN1CC2(CCCC2)NCC1CC(C)C. The molecule has 0 radical (unpaired) electrons. The molecule has 1 heterocycles. The largest absolute Gasteiger partial charge is 0.308 e. The average Bonchev–Trinajstić information content (AvgIpc) is 2.81. The molecular formula is C17H34N2. The maximum Gasteiger partial charge on any atom is 0.0309 e. The molecule has 0 aromatic heterocycles. The Morgan fingerprint density at radius 1 is 1.21 bits per heavy atom. The van der Waals surface area contributed by atoms with Gasteiger partial charge in [0.1, 0.15) is 0 Å². The predicted molar refractivity (Wildman–Crippen MR) is 83.5 cm³/mol. The van der Waals surface area contributed by atoms with Gasteiger partial charge in [0.25, 0.3) is 0 Å². The molecular weight excluding hydrogens is 232 g/mol. The Labute approximate surface area is 120 Å². The first-order valence-electron chi connectivity index (χ1n) is 8.54. The Morgan fingerprint density at radius 2 is 1.89 bits per heavy atom. The van der Waals surface area contributed by atoms with Gasteiger partial charge in [0, 0.05) is 31.2 Å². The van der Waals surface area contributed by atoms with Gasteiger partial charge in [0.05, 0.1) is 0 Å². The van der Waals surface area contributed by atoms with Crippen molar-refractivity contribution in [3.63, 3.8) is 0 Å². The van der Waals surface area contributed by atoms with Gasteiger partial charge in [-0.3, -0.25) is 4.90 Å². The van der Waals surface area contributed by atoms with Crippen molar-refractivity contribution in [1.82, 2.24) is 10.2 Å². The van der Waals surface area contributed by atoms with Crippen LogP contribution >= 0.6 is 0 Å². The van der Waals surface area contributed by atoms with Crippen LogP contribution in [0, 0.1) is 11.8 Å². The molecule has 1 spiro atoms. The van der Waals surface area contributed by atoms with E-state index in [0.717, 1.165) is 17.9 Å². The molecule has 0 bridgehead atoms. The monoisotopic (exact) mass is 266 g/mol. The molecule has 0 aromatic rings. The maximum absolute atomic E-state index is 3.93. The molecule has 1 aliphatic heterocycles. The zero-order chi connectivity index (χ0) is 13.9. The van der Waals surface area contributed by atoms with Crippen LogP contribution in [-0.2, 0) is 0 Å². The number of nitrogens with zero attached hydrogens (tertiary/aromatic N) is 1. The Balaban J connectivity index is 2.00. The van der Waals surface area contributed by atoms with E-state index in [1.54, 1.807) is 0 Å². The number of hydrogen-bond donors (Lipinski definition) is 1. The molecule has 2 heteroatoms. The van der Waals surface area contributed by atoms with Gasteiger partial charge in [-0.15, -0.1) is 0 Å². The highest BCUT2D eigenvalue weighted by Gasteiger charge is 2.41. The zero-order valence-corrected chi connectivity index (χ0v) is 13.5. The minimum absolute atomic E-state index is 0.473. The molecule has 112 valence electrons. The molecule has 1 N–H and O–H groups in total. The van der Waals surface area contributed by atoms with Gasteiger partial charge >= 0.3 is 0 Å². The topological polar surface area (TPSA) is 15.3 Å². The smallest absolute Gasteiger partial charge is 0.0309 e. The summed E-state index contributed by atoms with van der Waals surface area (Å²) in [6, 6.07) is 0.764. The van der Waals surface area contributed by atoms with E-state index < -0.39 is 0 Å².